The van der Waals surface area contributed by atoms with Gasteiger partial charge in [-0.15, -0.1) is 0 Å². The predicted molar refractivity (Wildman–Crippen MR) is 136 cm³/mol. The highest BCUT2D eigenvalue weighted by molar-refractivity contribution is 6.90. The molecule has 0 spiro atoms. The SMILES string of the molecule is c1ccc(N2c3cnccc3B3c4c(cncc42)-c2cccc4c5ccccc5n3c24)cc1. The number of benzene rings is 3. The Kier molecular flexibility index (Phi) is 3.19. The van der Waals surface area contributed by atoms with E-state index in [4.69, 9.17) is 4.98 Å². The van der Waals surface area contributed by atoms with Crippen LogP contribution in [0.2, 0.25) is 0 Å². The highest BCUT2D eigenvalue weighted by Crippen LogP contribution is 2.43. The normalized spacial score (nSPS) is 13.3. The summed E-state index contributed by atoms with van der Waals surface area (Å²) in [5.74, 6) is 0. The van der Waals surface area contributed by atoms with Gasteiger partial charge in [-0.1, -0.05) is 54.6 Å². The van der Waals surface area contributed by atoms with Crippen molar-refractivity contribution in [2.24, 2.45) is 0 Å². The molecule has 0 saturated heterocycles. The summed E-state index contributed by atoms with van der Waals surface area (Å²) in [5.41, 5.74) is 10.9. The van der Waals surface area contributed by atoms with E-state index < -0.39 is 0 Å². The first-order chi connectivity index (χ1) is 16.4. The molecule has 2 aliphatic heterocycles. The van der Waals surface area contributed by atoms with E-state index in [2.05, 4.69) is 93.2 Å². The number of fused-ring (bicyclic) bond motifs is 7. The van der Waals surface area contributed by atoms with Gasteiger partial charge in [0.05, 0.1) is 23.8 Å². The summed E-state index contributed by atoms with van der Waals surface area (Å²) in [5, 5.41) is 2.58. The Bertz CT molecular complexity index is 1740. The van der Waals surface area contributed by atoms with Crippen LogP contribution in [0, 0.1) is 0 Å². The molecule has 0 radical (unpaired) electrons. The van der Waals surface area contributed by atoms with Crippen molar-refractivity contribution >= 4 is 56.6 Å². The van der Waals surface area contributed by atoms with Crippen molar-refractivity contribution in [3.05, 3.63) is 104 Å². The summed E-state index contributed by atoms with van der Waals surface area (Å²) in [7, 11) is 0. The van der Waals surface area contributed by atoms with Gasteiger partial charge in [0, 0.05) is 51.0 Å². The molecule has 0 amide bonds. The molecule has 8 rings (SSSR count). The molecule has 0 fully saturated rings. The Morgan fingerprint density at radius 2 is 1.45 bits per heavy atom. The van der Waals surface area contributed by atoms with Crippen LogP contribution in [-0.2, 0) is 0 Å². The topological polar surface area (TPSA) is 34.0 Å². The maximum atomic E-state index is 4.73. The number of hydrogen-bond donors (Lipinski definition) is 0. The van der Waals surface area contributed by atoms with Crippen molar-refractivity contribution < 1.29 is 0 Å². The lowest BCUT2D eigenvalue weighted by Gasteiger charge is -2.39. The number of aromatic nitrogens is 3. The molecule has 2 aliphatic rings. The Balaban J connectivity index is 1.58. The van der Waals surface area contributed by atoms with Gasteiger partial charge >= 0.3 is 6.85 Å². The average Bonchev–Trinajstić information content (AvgIpc) is 3.22. The van der Waals surface area contributed by atoms with Crippen LogP contribution in [0.15, 0.2) is 104 Å². The quantitative estimate of drug-likeness (QED) is 0.351. The molecule has 6 aromatic rings. The van der Waals surface area contributed by atoms with Crippen LogP contribution in [-0.4, -0.2) is 21.3 Å². The van der Waals surface area contributed by atoms with Crippen molar-refractivity contribution in [3.8, 4) is 11.1 Å². The molecule has 0 N–H and O–H groups in total. The Morgan fingerprint density at radius 1 is 0.636 bits per heavy atom. The van der Waals surface area contributed by atoms with Crippen molar-refractivity contribution in [1.82, 2.24) is 14.4 Å². The Morgan fingerprint density at radius 3 is 2.39 bits per heavy atom. The third kappa shape index (κ3) is 2.07. The first-order valence-electron chi connectivity index (χ1n) is 11.2. The molecule has 0 atom stereocenters. The standard InChI is InChI=1S/C28H17BN4/c1-2-7-18(8-3-1)32-25-16-30-14-13-23(25)29-27-22(15-31-17-26(27)32)21-11-6-10-20-19-9-4-5-12-24(19)33(29)28(20)21/h1-17H. The number of para-hydroxylation sites is 3. The minimum absolute atomic E-state index is 0.0632. The van der Waals surface area contributed by atoms with Gasteiger partial charge in [-0.3, -0.25) is 9.97 Å². The molecular weight excluding hydrogens is 403 g/mol. The molecule has 0 unspecified atom stereocenters. The highest BCUT2D eigenvalue weighted by Gasteiger charge is 2.42. The average molecular weight is 420 g/mol. The van der Waals surface area contributed by atoms with Gasteiger partial charge < -0.3 is 9.38 Å². The molecule has 3 aromatic carbocycles. The third-order valence-electron chi connectivity index (χ3n) is 7.14. The summed E-state index contributed by atoms with van der Waals surface area (Å²) in [4.78, 5) is 11.6. The van der Waals surface area contributed by atoms with E-state index in [1.807, 2.05) is 24.8 Å². The van der Waals surface area contributed by atoms with Gasteiger partial charge in [0.15, 0.2) is 0 Å². The second-order valence-corrected chi connectivity index (χ2v) is 8.72. The van der Waals surface area contributed by atoms with E-state index in [-0.39, 0.29) is 6.85 Å². The molecular formula is C28H17BN4. The maximum absolute atomic E-state index is 4.73. The van der Waals surface area contributed by atoms with Crippen LogP contribution in [0.3, 0.4) is 0 Å². The third-order valence-corrected chi connectivity index (χ3v) is 7.14. The Hall–Kier alpha value is -4.38. The minimum Gasteiger partial charge on any atom is -0.375 e. The van der Waals surface area contributed by atoms with Crippen molar-refractivity contribution in [1.29, 1.82) is 0 Å². The minimum atomic E-state index is 0.0632. The van der Waals surface area contributed by atoms with Crippen LogP contribution in [0.5, 0.6) is 0 Å². The van der Waals surface area contributed by atoms with Crippen molar-refractivity contribution in [2.45, 2.75) is 0 Å². The number of rotatable bonds is 1. The zero-order valence-corrected chi connectivity index (χ0v) is 17.7. The van der Waals surface area contributed by atoms with E-state index in [1.165, 1.54) is 43.9 Å². The molecule has 4 nitrogen and oxygen atoms in total. The summed E-state index contributed by atoms with van der Waals surface area (Å²) < 4.78 is 2.53. The first-order valence-corrected chi connectivity index (χ1v) is 11.2. The lowest BCUT2D eigenvalue weighted by atomic mass is 9.45. The summed E-state index contributed by atoms with van der Waals surface area (Å²) >= 11 is 0. The fraction of sp³-hybridized carbons (Fsp3) is 0. The zero-order chi connectivity index (χ0) is 21.5. The number of hydrogen-bond acceptors (Lipinski definition) is 3. The number of nitrogens with zero attached hydrogens (tertiary/aromatic N) is 4. The smallest absolute Gasteiger partial charge is 0.333 e. The second kappa shape index (κ2) is 6.11. The molecule has 0 aliphatic carbocycles. The molecule has 5 heterocycles. The van der Waals surface area contributed by atoms with E-state index in [0.717, 1.165) is 17.1 Å². The van der Waals surface area contributed by atoms with Gasteiger partial charge in [-0.2, -0.15) is 0 Å². The first kappa shape index (κ1) is 17.2. The Labute approximate surface area is 190 Å². The summed E-state index contributed by atoms with van der Waals surface area (Å²) in [6, 6.07) is 28.1. The van der Waals surface area contributed by atoms with Crippen LogP contribution in [0.4, 0.5) is 17.1 Å². The fourth-order valence-corrected chi connectivity index (χ4v) is 5.90. The molecule has 33 heavy (non-hydrogen) atoms. The van der Waals surface area contributed by atoms with Crippen LogP contribution < -0.4 is 15.8 Å². The lowest BCUT2D eigenvalue weighted by molar-refractivity contribution is 1.19. The maximum Gasteiger partial charge on any atom is 0.333 e. The molecule has 3 aromatic heterocycles. The summed E-state index contributed by atoms with van der Waals surface area (Å²) in [6.07, 6.45) is 7.95. The van der Waals surface area contributed by atoms with E-state index in [9.17, 15) is 0 Å². The predicted octanol–water partition coefficient (Wildman–Crippen LogP) is 5.00. The zero-order valence-electron chi connectivity index (χ0n) is 17.7. The van der Waals surface area contributed by atoms with Crippen LogP contribution in [0.1, 0.15) is 0 Å². The van der Waals surface area contributed by atoms with Crippen LogP contribution in [0.25, 0.3) is 32.9 Å². The van der Waals surface area contributed by atoms with Crippen molar-refractivity contribution in [3.63, 3.8) is 0 Å². The fourth-order valence-electron chi connectivity index (χ4n) is 5.90. The summed E-state index contributed by atoms with van der Waals surface area (Å²) in [6.45, 7) is 0.0632. The molecule has 5 heteroatoms. The van der Waals surface area contributed by atoms with E-state index in [0.29, 0.717) is 0 Å². The number of anilines is 3. The van der Waals surface area contributed by atoms with E-state index >= 15 is 0 Å². The van der Waals surface area contributed by atoms with E-state index in [1.54, 1.807) is 0 Å². The highest BCUT2D eigenvalue weighted by atomic mass is 15.2. The lowest BCUT2D eigenvalue weighted by Crippen LogP contribution is -2.56. The van der Waals surface area contributed by atoms with Gasteiger partial charge in [-0.25, -0.2) is 0 Å². The molecule has 0 saturated carbocycles. The number of pyridine rings is 2. The van der Waals surface area contributed by atoms with Crippen molar-refractivity contribution in [2.75, 3.05) is 4.90 Å². The molecule has 152 valence electrons. The largest absolute Gasteiger partial charge is 0.375 e. The van der Waals surface area contributed by atoms with Gasteiger partial charge in [0.25, 0.3) is 0 Å². The molecule has 0 bridgehead atoms. The van der Waals surface area contributed by atoms with Gasteiger partial charge in [-0.05, 0) is 35.2 Å². The van der Waals surface area contributed by atoms with Gasteiger partial charge in [0.1, 0.15) is 0 Å². The monoisotopic (exact) mass is 420 g/mol. The van der Waals surface area contributed by atoms with Gasteiger partial charge in [0.2, 0.25) is 0 Å². The second-order valence-electron chi connectivity index (χ2n) is 8.72. The van der Waals surface area contributed by atoms with Crippen LogP contribution >= 0.6 is 0 Å².